The molecule has 5 nitrogen and oxygen atoms in total. The fourth-order valence-corrected chi connectivity index (χ4v) is 2.06. The van der Waals surface area contributed by atoms with Crippen LogP contribution < -0.4 is 5.32 Å². The van der Waals surface area contributed by atoms with Gasteiger partial charge in [-0.25, -0.2) is 4.79 Å². The molecule has 0 spiro atoms. The first-order chi connectivity index (χ1) is 10.4. The van der Waals surface area contributed by atoms with Crippen LogP contribution in [0.5, 0.6) is 0 Å². The highest BCUT2D eigenvalue weighted by molar-refractivity contribution is 5.98. The quantitative estimate of drug-likeness (QED) is 0.879. The average molecular weight is 301 g/mol. The van der Waals surface area contributed by atoms with Gasteiger partial charge in [0.2, 0.25) is 0 Å². The molecule has 1 N–H and O–H groups in total. The Balaban J connectivity index is 2.00. The van der Waals surface area contributed by atoms with E-state index in [1.807, 2.05) is 32.0 Å². The molecule has 116 valence electrons. The third-order valence-electron chi connectivity index (χ3n) is 3.37. The largest absolute Gasteiger partial charge is 0.469 e. The summed E-state index contributed by atoms with van der Waals surface area (Å²) in [6, 6.07) is 7.24. The highest BCUT2D eigenvalue weighted by Gasteiger charge is 2.21. The smallest absolute Gasteiger partial charge is 0.342 e. The lowest BCUT2D eigenvalue weighted by atomic mass is 10.1. The van der Waals surface area contributed by atoms with Crippen LogP contribution in [0.3, 0.4) is 0 Å². The SMILES string of the molecule is Cc1ccc(NC(=O)[C@H](C)OC(=O)c2ccoc2C)c(C)c1. The van der Waals surface area contributed by atoms with Crippen LogP contribution in [0, 0.1) is 20.8 Å². The van der Waals surface area contributed by atoms with E-state index in [9.17, 15) is 9.59 Å². The van der Waals surface area contributed by atoms with Crippen molar-refractivity contribution in [2.75, 3.05) is 5.32 Å². The second kappa shape index (κ2) is 6.47. The van der Waals surface area contributed by atoms with Gasteiger partial charge in [0.1, 0.15) is 11.3 Å². The van der Waals surface area contributed by atoms with Crippen molar-refractivity contribution < 1.29 is 18.7 Å². The molecule has 0 unspecified atom stereocenters. The lowest BCUT2D eigenvalue weighted by Gasteiger charge is -2.14. The Morgan fingerprint density at radius 2 is 1.91 bits per heavy atom. The minimum absolute atomic E-state index is 0.325. The number of ether oxygens (including phenoxy) is 1. The van der Waals surface area contributed by atoms with Gasteiger partial charge in [-0.2, -0.15) is 0 Å². The summed E-state index contributed by atoms with van der Waals surface area (Å²) >= 11 is 0. The van der Waals surface area contributed by atoms with Crippen molar-refractivity contribution in [3.8, 4) is 0 Å². The van der Waals surface area contributed by atoms with E-state index < -0.39 is 12.1 Å². The van der Waals surface area contributed by atoms with Gasteiger partial charge < -0.3 is 14.5 Å². The molecule has 1 amide bonds. The van der Waals surface area contributed by atoms with Gasteiger partial charge in [0.15, 0.2) is 6.10 Å². The van der Waals surface area contributed by atoms with E-state index in [4.69, 9.17) is 9.15 Å². The lowest BCUT2D eigenvalue weighted by molar-refractivity contribution is -0.123. The molecule has 1 aromatic carbocycles. The number of carbonyl (C=O) groups is 2. The highest BCUT2D eigenvalue weighted by Crippen LogP contribution is 2.17. The predicted molar refractivity (Wildman–Crippen MR) is 82.9 cm³/mol. The number of aryl methyl sites for hydroxylation is 3. The van der Waals surface area contributed by atoms with Gasteiger partial charge in [0.25, 0.3) is 5.91 Å². The fraction of sp³-hybridized carbons (Fsp3) is 0.294. The summed E-state index contributed by atoms with van der Waals surface area (Å²) < 4.78 is 10.2. The maximum atomic E-state index is 12.1. The van der Waals surface area contributed by atoms with E-state index in [1.54, 1.807) is 6.92 Å². The molecule has 2 aromatic rings. The number of rotatable bonds is 4. The molecular weight excluding hydrogens is 282 g/mol. The van der Waals surface area contributed by atoms with E-state index in [0.29, 0.717) is 17.0 Å². The minimum atomic E-state index is -0.900. The number of benzene rings is 1. The monoisotopic (exact) mass is 301 g/mol. The first-order valence-corrected chi connectivity index (χ1v) is 7.01. The number of hydrogen-bond donors (Lipinski definition) is 1. The summed E-state index contributed by atoms with van der Waals surface area (Å²) in [4.78, 5) is 24.1. The molecule has 0 aliphatic rings. The molecule has 1 atom stereocenters. The van der Waals surface area contributed by atoms with E-state index in [0.717, 1.165) is 11.1 Å². The maximum Gasteiger partial charge on any atom is 0.342 e. The van der Waals surface area contributed by atoms with Gasteiger partial charge >= 0.3 is 5.97 Å². The standard InChI is InChI=1S/C17H19NO4/c1-10-5-6-15(11(2)9-10)18-16(19)13(4)22-17(20)14-7-8-21-12(14)3/h5-9,13H,1-4H3,(H,18,19)/t13-/m0/s1. The van der Waals surface area contributed by atoms with Crippen LogP contribution in [0.2, 0.25) is 0 Å². The number of nitrogens with one attached hydrogen (secondary N) is 1. The van der Waals surface area contributed by atoms with Gasteiger partial charge in [-0.1, -0.05) is 17.7 Å². The molecule has 0 saturated carbocycles. The van der Waals surface area contributed by atoms with Gasteiger partial charge in [-0.05, 0) is 45.4 Å². The fourth-order valence-electron chi connectivity index (χ4n) is 2.06. The summed E-state index contributed by atoms with van der Waals surface area (Å²) in [6.07, 6.45) is 0.509. The summed E-state index contributed by atoms with van der Waals surface area (Å²) in [5.41, 5.74) is 3.10. The van der Waals surface area contributed by atoms with Gasteiger partial charge in [-0.15, -0.1) is 0 Å². The number of amides is 1. The van der Waals surface area contributed by atoms with Crippen LogP contribution in [0.4, 0.5) is 5.69 Å². The van der Waals surface area contributed by atoms with E-state index in [1.165, 1.54) is 19.3 Å². The van der Waals surface area contributed by atoms with Crippen LogP contribution >= 0.6 is 0 Å². The number of hydrogen-bond acceptors (Lipinski definition) is 4. The molecule has 5 heteroatoms. The molecule has 0 saturated heterocycles. The Morgan fingerprint density at radius 1 is 1.18 bits per heavy atom. The Hall–Kier alpha value is -2.56. The first-order valence-electron chi connectivity index (χ1n) is 7.01. The molecular formula is C17H19NO4. The Bertz CT molecular complexity index is 702. The zero-order valence-electron chi connectivity index (χ0n) is 13.1. The third kappa shape index (κ3) is 3.55. The number of carbonyl (C=O) groups excluding carboxylic acids is 2. The maximum absolute atomic E-state index is 12.1. The predicted octanol–water partition coefficient (Wildman–Crippen LogP) is 3.39. The lowest BCUT2D eigenvalue weighted by Crippen LogP contribution is -2.30. The Labute approximate surface area is 129 Å². The number of esters is 1. The van der Waals surface area contributed by atoms with Crippen LogP contribution in [0.25, 0.3) is 0 Å². The summed E-state index contributed by atoms with van der Waals surface area (Å²) in [5.74, 6) is -0.483. The van der Waals surface area contributed by atoms with Gasteiger partial charge in [0, 0.05) is 5.69 Å². The average Bonchev–Trinajstić information content (AvgIpc) is 2.88. The molecule has 1 aromatic heterocycles. The minimum Gasteiger partial charge on any atom is -0.469 e. The van der Waals surface area contributed by atoms with Crippen molar-refractivity contribution >= 4 is 17.6 Å². The molecule has 0 radical (unpaired) electrons. The van der Waals surface area contributed by atoms with Gasteiger partial charge in [-0.3, -0.25) is 4.79 Å². The van der Waals surface area contributed by atoms with E-state index in [2.05, 4.69) is 5.32 Å². The normalized spacial score (nSPS) is 11.8. The highest BCUT2D eigenvalue weighted by atomic mass is 16.5. The van der Waals surface area contributed by atoms with Crippen molar-refractivity contribution in [3.05, 3.63) is 53.0 Å². The molecule has 0 aliphatic carbocycles. The summed E-state index contributed by atoms with van der Waals surface area (Å²) in [6.45, 7) is 7.09. The number of furan rings is 1. The number of anilines is 1. The Kier molecular flexibility index (Phi) is 4.65. The zero-order chi connectivity index (χ0) is 16.3. The van der Waals surface area contributed by atoms with Crippen molar-refractivity contribution in [2.24, 2.45) is 0 Å². The molecule has 2 rings (SSSR count). The van der Waals surface area contributed by atoms with Gasteiger partial charge in [0.05, 0.1) is 6.26 Å². The second-order valence-electron chi connectivity index (χ2n) is 5.25. The second-order valence-corrected chi connectivity index (χ2v) is 5.25. The molecule has 0 fully saturated rings. The molecule has 0 aliphatic heterocycles. The van der Waals surface area contributed by atoms with Crippen molar-refractivity contribution in [2.45, 2.75) is 33.8 Å². The Morgan fingerprint density at radius 3 is 2.50 bits per heavy atom. The van der Waals surface area contributed by atoms with Crippen LogP contribution in [-0.2, 0) is 9.53 Å². The molecule has 22 heavy (non-hydrogen) atoms. The van der Waals surface area contributed by atoms with Crippen molar-refractivity contribution in [1.29, 1.82) is 0 Å². The van der Waals surface area contributed by atoms with Crippen molar-refractivity contribution in [3.63, 3.8) is 0 Å². The van der Waals surface area contributed by atoms with E-state index >= 15 is 0 Å². The van der Waals surface area contributed by atoms with Crippen LogP contribution in [0.1, 0.15) is 34.2 Å². The molecule has 1 heterocycles. The topological polar surface area (TPSA) is 68.5 Å². The molecule has 0 bridgehead atoms. The third-order valence-corrected chi connectivity index (χ3v) is 3.37. The van der Waals surface area contributed by atoms with Crippen molar-refractivity contribution in [1.82, 2.24) is 0 Å². The van der Waals surface area contributed by atoms with E-state index in [-0.39, 0.29) is 5.91 Å². The zero-order valence-corrected chi connectivity index (χ0v) is 13.1. The van der Waals surface area contributed by atoms with Crippen LogP contribution in [0.15, 0.2) is 34.9 Å². The van der Waals surface area contributed by atoms with Crippen LogP contribution in [-0.4, -0.2) is 18.0 Å². The first kappa shape index (κ1) is 15.8. The summed E-state index contributed by atoms with van der Waals surface area (Å²) in [5, 5.41) is 2.76. The summed E-state index contributed by atoms with van der Waals surface area (Å²) in [7, 11) is 0.